The van der Waals surface area contributed by atoms with Crippen molar-refractivity contribution >= 4 is 0 Å². The van der Waals surface area contributed by atoms with E-state index in [1.165, 1.54) is 11.1 Å². The van der Waals surface area contributed by atoms with Crippen LogP contribution in [0, 0.1) is 32.1 Å². The Labute approximate surface area is 102 Å². The van der Waals surface area contributed by atoms with Crippen molar-refractivity contribution in [3.05, 3.63) is 58.7 Å². The van der Waals surface area contributed by atoms with Crippen LogP contribution in [0.4, 0.5) is 0 Å². The first-order valence-electron chi connectivity index (χ1n) is 5.70. The van der Waals surface area contributed by atoms with Crippen LogP contribution in [0.3, 0.4) is 0 Å². The third-order valence-corrected chi connectivity index (χ3v) is 2.97. The van der Waals surface area contributed by atoms with Gasteiger partial charge in [-0.3, -0.25) is 0 Å². The molecule has 17 heavy (non-hydrogen) atoms. The molecule has 0 N–H and O–H groups in total. The number of hydrogen-bond acceptors (Lipinski definition) is 1. The van der Waals surface area contributed by atoms with Gasteiger partial charge in [0.15, 0.2) is 0 Å². The van der Waals surface area contributed by atoms with Gasteiger partial charge in [-0.1, -0.05) is 35.9 Å². The summed E-state index contributed by atoms with van der Waals surface area (Å²) in [4.78, 5) is 0. The van der Waals surface area contributed by atoms with Crippen LogP contribution in [0.25, 0.3) is 11.1 Å². The maximum absolute atomic E-state index is 9.20. The predicted molar refractivity (Wildman–Crippen MR) is 70.8 cm³/mol. The van der Waals surface area contributed by atoms with Crippen molar-refractivity contribution in [1.82, 2.24) is 0 Å². The van der Waals surface area contributed by atoms with E-state index in [0.29, 0.717) is 0 Å². The molecule has 0 spiro atoms. The number of rotatable bonds is 1. The predicted octanol–water partition coefficient (Wildman–Crippen LogP) is 4.15. The van der Waals surface area contributed by atoms with Crippen LogP contribution in [-0.2, 0) is 0 Å². The molecule has 0 aliphatic rings. The van der Waals surface area contributed by atoms with E-state index in [9.17, 15) is 5.26 Å². The number of nitrogens with zero attached hydrogens (tertiary/aromatic N) is 1. The summed E-state index contributed by atoms with van der Waals surface area (Å²) >= 11 is 0. The fourth-order valence-electron chi connectivity index (χ4n) is 2.10. The lowest BCUT2D eigenvalue weighted by Gasteiger charge is -2.09. The number of benzene rings is 2. The Morgan fingerprint density at radius 3 is 2.00 bits per heavy atom. The van der Waals surface area contributed by atoms with E-state index in [-0.39, 0.29) is 0 Å². The third-order valence-electron chi connectivity index (χ3n) is 2.97. The van der Waals surface area contributed by atoms with Gasteiger partial charge in [0.2, 0.25) is 0 Å². The Morgan fingerprint density at radius 1 is 0.824 bits per heavy atom. The summed E-state index contributed by atoms with van der Waals surface area (Å²) in [7, 11) is 0. The van der Waals surface area contributed by atoms with Crippen LogP contribution in [0.5, 0.6) is 0 Å². The average Bonchev–Trinajstić information content (AvgIpc) is 2.30. The molecule has 0 saturated carbocycles. The van der Waals surface area contributed by atoms with Crippen LogP contribution in [0.1, 0.15) is 22.3 Å². The molecule has 0 aliphatic carbocycles. The third kappa shape index (κ3) is 2.21. The van der Waals surface area contributed by atoms with Crippen molar-refractivity contribution < 1.29 is 0 Å². The highest BCUT2D eigenvalue weighted by atomic mass is 14.2. The van der Waals surface area contributed by atoms with E-state index in [2.05, 4.69) is 44.2 Å². The fourth-order valence-corrected chi connectivity index (χ4v) is 2.10. The van der Waals surface area contributed by atoms with Crippen LogP contribution >= 0.6 is 0 Å². The SMILES string of the molecule is Cc1ccc(-c2ccc(C)cc2C#N)c(C)c1. The molecule has 0 radical (unpaired) electrons. The summed E-state index contributed by atoms with van der Waals surface area (Å²) < 4.78 is 0. The second-order valence-corrected chi connectivity index (χ2v) is 4.48. The van der Waals surface area contributed by atoms with Gasteiger partial charge in [-0.2, -0.15) is 5.26 Å². The number of nitriles is 1. The summed E-state index contributed by atoms with van der Waals surface area (Å²) in [5.41, 5.74) is 6.50. The minimum Gasteiger partial charge on any atom is -0.192 e. The molecular formula is C16H15N. The lowest BCUT2D eigenvalue weighted by molar-refractivity contribution is 1.36. The summed E-state index contributed by atoms with van der Waals surface area (Å²) in [5.74, 6) is 0. The molecule has 0 amide bonds. The zero-order valence-electron chi connectivity index (χ0n) is 10.4. The van der Waals surface area contributed by atoms with Gasteiger partial charge in [0.25, 0.3) is 0 Å². The van der Waals surface area contributed by atoms with Crippen molar-refractivity contribution in [2.45, 2.75) is 20.8 Å². The van der Waals surface area contributed by atoms with Crippen LogP contribution in [-0.4, -0.2) is 0 Å². The first kappa shape index (κ1) is 11.4. The lowest BCUT2D eigenvalue weighted by atomic mass is 9.94. The van der Waals surface area contributed by atoms with Gasteiger partial charge < -0.3 is 0 Å². The molecule has 0 aliphatic heterocycles. The van der Waals surface area contributed by atoms with Gasteiger partial charge in [-0.25, -0.2) is 0 Å². The molecule has 0 atom stereocenters. The minimum atomic E-state index is 0.747. The molecule has 0 saturated heterocycles. The summed E-state index contributed by atoms with van der Waals surface area (Å²) in [5, 5.41) is 9.20. The van der Waals surface area contributed by atoms with Crippen molar-refractivity contribution in [1.29, 1.82) is 5.26 Å². The molecule has 0 unspecified atom stereocenters. The van der Waals surface area contributed by atoms with Crippen LogP contribution in [0.15, 0.2) is 36.4 Å². The van der Waals surface area contributed by atoms with Gasteiger partial charge in [0.05, 0.1) is 11.6 Å². The van der Waals surface area contributed by atoms with Crippen molar-refractivity contribution in [3.63, 3.8) is 0 Å². The molecule has 0 fully saturated rings. The van der Waals surface area contributed by atoms with Gasteiger partial charge in [0.1, 0.15) is 0 Å². The molecule has 84 valence electrons. The number of aryl methyl sites for hydroxylation is 3. The van der Waals surface area contributed by atoms with Gasteiger partial charge in [-0.05, 0) is 49.1 Å². The second kappa shape index (κ2) is 4.43. The maximum atomic E-state index is 9.20. The topological polar surface area (TPSA) is 23.8 Å². The molecule has 2 aromatic carbocycles. The van der Waals surface area contributed by atoms with Gasteiger partial charge >= 0.3 is 0 Å². The molecular weight excluding hydrogens is 206 g/mol. The highest BCUT2D eigenvalue weighted by Gasteiger charge is 2.07. The highest BCUT2D eigenvalue weighted by molar-refractivity contribution is 5.73. The van der Waals surface area contributed by atoms with Crippen LogP contribution in [0.2, 0.25) is 0 Å². The van der Waals surface area contributed by atoms with Gasteiger partial charge in [-0.15, -0.1) is 0 Å². The lowest BCUT2D eigenvalue weighted by Crippen LogP contribution is -1.89. The fraction of sp³-hybridized carbons (Fsp3) is 0.188. The van der Waals surface area contributed by atoms with E-state index in [0.717, 1.165) is 22.3 Å². The van der Waals surface area contributed by atoms with Crippen molar-refractivity contribution in [2.24, 2.45) is 0 Å². The average molecular weight is 221 g/mol. The van der Waals surface area contributed by atoms with E-state index >= 15 is 0 Å². The Balaban J connectivity index is 2.65. The first-order chi connectivity index (χ1) is 8.11. The normalized spacial score (nSPS) is 10.0. The standard InChI is InChI=1S/C16H15N/c1-11-4-6-15(13(3)8-11)16-7-5-12(2)9-14(16)10-17/h4-9H,1-3H3. The Hall–Kier alpha value is -2.07. The smallest absolute Gasteiger partial charge is 0.0998 e. The zero-order chi connectivity index (χ0) is 12.4. The summed E-state index contributed by atoms with van der Waals surface area (Å²) in [6.45, 7) is 6.17. The highest BCUT2D eigenvalue weighted by Crippen LogP contribution is 2.27. The zero-order valence-corrected chi connectivity index (χ0v) is 10.4. The second-order valence-electron chi connectivity index (χ2n) is 4.48. The number of hydrogen-bond donors (Lipinski definition) is 0. The Morgan fingerprint density at radius 2 is 1.41 bits per heavy atom. The van der Waals surface area contributed by atoms with Crippen molar-refractivity contribution in [3.8, 4) is 17.2 Å². The first-order valence-corrected chi connectivity index (χ1v) is 5.70. The maximum Gasteiger partial charge on any atom is 0.0998 e. The Bertz CT molecular complexity index is 603. The summed E-state index contributed by atoms with van der Waals surface area (Å²) in [6.07, 6.45) is 0. The molecule has 2 rings (SSSR count). The minimum absolute atomic E-state index is 0.747. The van der Waals surface area contributed by atoms with Gasteiger partial charge in [0, 0.05) is 0 Å². The quantitative estimate of drug-likeness (QED) is 0.709. The van der Waals surface area contributed by atoms with Crippen molar-refractivity contribution in [2.75, 3.05) is 0 Å². The van der Waals surface area contributed by atoms with E-state index < -0.39 is 0 Å². The molecule has 2 aromatic rings. The largest absolute Gasteiger partial charge is 0.192 e. The van der Waals surface area contributed by atoms with E-state index in [4.69, 9.17) is 0 Å². The van der Waals surface area contributed by atoms with Crippen LogP contribution < -0.4 is 0 Å². The Kier molecular flexibility index (Phi) is 2.97. The molecule has 0 heterocycles. The monoisotopic (exact) mass is 221 g/mol. The molecule has 0 bridgehead atoms. The molecule has 1 nitrogen and oxygen atoms in total. The van der Waals surface area contributed by atoms with E-state index in [1.807, 2.05) is 19.1 Å². The van der Waals surface area contributed by atoms with E-state index in [1.54, 1.807) is 0 Å². The molecule has 1 heteroatoms. The molecule has 0 aromatic heterocycles. The summed E-state index contributed by atoms with van der Waals surface area (Å²) in [6, 6.07) is 14.6.